The second kappa shape index (κ2) is 5.98. The fraction of sp³-hybridized carbons (Fsp3) is 0.154. The standard InChI is InChI=1S/C13H13BrFN3O2S/c1-2-18(11-5-3-4-10(15)7-11)21(19,20)12-6-9(14)8-17-13(12)16/h3-8H,2H2,1H3,(H2,16,17). The number of sulfonamides is 1. The number of hydrogen-bond donors (Lipinski definition) is 1. The molecule has 0 aliphatic heterocycles. The molecule has 0 unspecified atom stereocenters. The first-order valence-electron chi connectivity index (χ1n) is 6.05. The average molecular weight is 374 g/mol. The van der Waals surface area contributed by atoms with Crippen LogP contribution in [0, 0.1) is 5.82 Å². The van der Waals surface area contributed by atoms with Crippen LogP contribution in [0.1, 0.15) is 6.92 Å². The van der Waals surface area contributed by atoms with Crippen LogP contribution in [0.3, 0.4) is 0 Å². The third kappa shape index (κ3) is 3.16. The first-order valence-corrected chi connectivity index (χ1v) is 8.29. The number of nitrogen functional groups attached to an aromatic ring is 1. The van der Waals surface area contributed by atoms with Crippen LogP contribution >= 0.6 is 15.9 Å². The molecule has 0 saturated carbocycles. The molecule has 21 heavy (non-hydrogen) atoms. The minimum Gasteiger partial charge on any atom is -0.383 e. The summed E-state index contributed by atoms with van der Waals surface area (Å²) in [6.45, 7) is 1.79. The van der Waals surface area contributed by atoms with Crippen LogP contribution in [0.15, 0.2) is 45.9 Å². The number of halogens is 2. The number of nitrogens with two attached hydrogens (primary N) is 1. The van der Waals surface area contributed by atoms with E-state index < -0.39 is 15.8 Å². The Labute approximate surface area is 130 Å². The van der Waals surface area contributed by atoms with Crippen molar-refractivity contribution in [1.82, 2.24) is 4.98 Å². The van der Waals surface area contributed by atoms with Crippen molar-refractivity contribution >= 4 is 37.5 Å². The Balaban J connectivity index is 2.57. The van der Waals surface area contributed by atoms with Gasteiger partial charge >= 0.3 is 0 Å². The van der Waals surface area contributed by atoms with E-state index in [1.807, 2.05) is 0 Å². The van der Waals surface area contributed by atoms with E-state index in [0.29, 0.717) is 4.47 Å². The van der Waals surface area contributed by atoms with E-state index in [0.717, 1.165) is 10.4 Å². The molecule has 0 saturated heterocycles. The highest BCUT2D eigenvalue weighted by atomic mass is 79.9. The summed E-state index contributed by atoms with van der Waals surface area (Å²) in [6, 6.07) is 6.75. The summed E-state index contributed by atoms with van der Waals surface area (Å²) in [6.07, 6.45) is 1.41. The molecule has 0 fully saturated rings. The Bertz CT molecular complexity index is 768. The minimum absolute atomic E-state index is 0.104. The second-order valence-corrected chi connectivity index (χ2v) is 6.93. The van der Waals surface area contributed by atoms with Gasteiger partial charge in [0.1, 0.15) is 16.5 Å². The lowest BCUT2D eigenvalue weighted by atomic mass is 10.3. The zero-order chi connectivity index (χ0) is 15.6. The summed E-state index contributed by atoms with van der Waals surface area (Å²) in [5, 5.41) is 0. The van der Waals surface area contributed by atoms with Crippen LogP contribution in [-0.2, 0) is 10.0 Å². The SMILES string of the molecule is CCN(c1cccc(F)c1)S(=O)(=O)c1cc(Br)cnc1N. The molecule has 1 aromatic carbocycles. The van der Waals surface area contributed by atoms with E-state index in [2.05, 4.69) is 20.9 Å². The van der Waals surface area contributed by atoms with E-state index in [1.54, 1.807) is 6.92 Å². The topological polar surface area (TPSA) is 76.3 Å². The highest BCUT2D eigenvalue weighted by Crippen LogP contribution is 2.28. The van der Waals surface area contributed by atoms with Gasteiger partial charge in [0.2, 0.25) is 0 Å². The Hall–Kier alpha value is -1.67. The Morgan fingerprint density at radius 3 is 2.71 bits per heavy atom. The number of pyridine rings is 1. The molecule has 112 valence electrons. The van der Waals surface area contributed by atoms with Crippen LogP contribution < -0.4 is 10.0 Å². The Kier molecular flexibility index (Phi) is 4.48. The van der Waals surface area contributed by atoms with Crippen molar-refractivity contribution in [3.05, 3.63) is 46.8 Å². The van der Waals surface area contributed by atoms with Crippen molar-refractivity contribution in [3.8, 4) is 0 Å². The molecular weight excluding hydrogens is 361 g/mol. The summed E-state index contributed by atoms with van der Waals surface area (Å²) < 4.78 is 40.3. The van der Waals surface area contributed by atoms with Crippen LogP contribution in [0.4, 0.5) is 15.9 Å². The van der Waals surface area contributed by atoms with Gasteiger partial charge in [-0.05, 0) is 47.1 Å². The van der Waals surface area contributed by atoms with Gasteiger partial charge < -0.3 is 5.73 Å². The van der Waals surface area contributed by atoms with Gasteiger partial charge in [-0.25, -0.2) is 17.8 Å². The number of anilines is 2. The van der Waals surface area contributed by atoms with Crippen LogP contribution in [0.5, 0.6) is 0 Å². The van der Waals surface area contributed by atoms with E-state index in [1.165, 1.54) is 30.5 Å². The molecule has 2 aromatic rings. The molecule has 0 spiro atoms. The van der Waals surface area contributed by atoms with Crippen molar-refractivity contribution < 1.29 is 12.8 Å². The number of nitrogens with zero attached hydrogens (tertiary/aromatic N) is 2. The van der Waals surface area contributed by atoms with Gasteiger partial charge in [0.05, 0.1) is 5.69 Å². The summed E-state index contributed by atoms with van der Waals surface area (Å²) in [4.78, 5) is 3.70. The lowest BCUT2D eigenvalue weighted by Crippen LogP contribution is -2.31. The van der Waals surface area contributed by atoms with Crippen molar-refractivity contribution in [2.24, 2.45) is 0 Å². The predicted molar refractivity (Wildman–Crippen MR) is 83.0 cm³/mol. The number of rotatable bonds is 4. The second-order valence-electron chi connectivity index (χ2n) is 4.19. The van der Waals surface area contributed by atoms with Crippen molar-refractivity contribution in [1.29, 1.82) is 0 Å². The smallest absolute Gasteiger partial charge is 0.268 e. The Morgan fingerprint density at radius 1 is 1.38 bits per heavy atom. The van der Waals surface area contributed by atoms with E-state index >= 15 is 0 Å². The molecule has 0 aliphatic rings. The molecule has 0 aliphatic carbocycles. The maximum Gasteiger partial charge on any atom is 0.268 e. The normalized spacial score (nSPS) is 11.4. The summed E-state index contributed by atoms with van der Waals surface area (Å²) in [5.41, 5.74) is 5.90. The first kappa shape index (κ1) is 15.7. The molecular formula is C13H13BrFN3O2S. The zero-order valence-corrected chi connectivity index (χ0v) is 13.5. The maximum atomic E-state index is 13.3. The number of aromatic nitrogens is 1. The molecule has 5 nitrogen and oxygen atoms in total. The lowest BCUT2D eigenvalue weighted by Gasteiger charge is -2.23. The monoisotopic (exact) mass is 373 g/mol. The number of benzene rings is 1. The van der Waals surface area contributed by atoms with Crippen LogP contribution in [0.2, 0.25) is 0 Å². The van der Waals surface area contributed by atoms with E-state index in [4.69, 9.17) is 5.73 Å². The molecule has 0 amide bonds. The van der Waals surface area contributed by atoms with Gasteiger partial charge in [0, 0.05) is 17.2 Å². The largest absolute Gasteiger partial charge is 0.383 e. The zero-order valence-electron chi connectivity index (χ0n) is 11.1. The molecule has 2 N–H and O–H groups in total. The summed E-state index contributed by atoms with van der Waals surface area (Å²) in [5.74, 6) is -0.616. The average Bonchev–Trinajstić information content (AvgIpc) is 2.42. The van der Waals surface area contributed by atoms with Gasteiger partial charge in [-0.1, -0.05) is 6.07 Å². The molecule has 0 atom stereocenters. The molecule has 8 heteroatoms. The molecule has 1 heterocycles. The molecule has 2 rings (SSSR count). The maximum absolute atomic E-state index is 13.3. The van der Waals surface area contributed by atoms with Crippen molar-refractivity contribution in [2.45, 2.75) is 11.8 Å². The van der Waals surface area contributed by atoms with Gasteiger partial charge in [0.25, 0.3) is 10.0 Å². The Morgan fingerprint density at radius 2 is 2.10 bits per heavy atom. The van der Waals surface area contributed by atoms with Crippen molar-refractivity contribution in [3.63, 3.8) is 0 Å². The lowest BCUT2D eigenvalue weighted by molar-refractivity contribution is 0.591. The molecule has 0 radical (unpaired) electrons. The highest BCUT2D eigenvalue weighted by Gasteiger charge is 2.27. The third-order valence-electron chi connectivity index (χ3n) is 2.80. The van der Waals surface area contributed by atoms with E-state index in [9.17, 15) is 12.8 Å². The fourth-order valence-corrected chi connectivity index (χ4v) is 3.92. The first-order chi connectivity index (χ1) is 9.86. The number of hydrogen-bond acceptors (Lipinski definition) is 4. The molecule has 1 aromatic heterocycles. The van der Waals surface area contributed by atoms with Crippen molar-refractivity contribution in [2.75, 3.05) is 16.6 Å². The fourth-order valence-electron chi connectivity index (χ4n) is 1.88. The third-order valence-corrected chi connectivity index (χ3v) is 5.17. The predicted octanol–water partition coefficient (Wildman–Crippen LogP) is 2.78. The van der Waals surface area contributed by atoms with E-state index in [-0.39, 0.29) is 22.9 Å². The minimum atomic E-state index is -3.92. The van der Waals surface area contributed by atoms with Crippen LogP contribution in [0.25, 0.3) is 0 Å². The highest BCUT2D eigenvalue weighted by molar-refractivity contribution is 9.10. The van der Waals surface area contributed by atoms with Gasteiger partial charge in [0.15, 0.2) is 0 Å². The molecule has 0 bridgehead atoms. The summed E-state index contributed by atoms with van der Waals surface area (Å²) >= 11 is 3.17. The summed E-state index contributed by atoms with van der Waals surface area (Å²) in [7, 11) is -3.92. The van der Waals surface area contributed by atoms with Gasteiger partial charge in [-0.15, -0.1) is 0 Å². The van der Waals surface area contributed by atoms with Crippen LogP contribution in [-0.4, -0.2) is 19.9 Å². The van der Waals surface area contributed by atoms with Gasteiger partial charge in [-0.3, -0.25) is 4.31 Å². The van der Waals surface area contributed by atoms with Gasteiger partial charge in [-0.2, -0.15) is 0 Å². The quantitative estimate of drug-likeness (QED) is 0.893.